The van der Waals surface area contributed by atoms with Crippen LogP contribution in [0.5, 0.6) is 0 Å². The molecular formula is C7H13O3P. The number of hydrogen-bond acceptors (Lipinski definition) is 3. The van der Waals surface area contributed by atoms with Gasteiger partial charge in [0.2, 0.25) is 0 Å². The molecule has 0 bridgehead atoms. The molecule has 0 aromatic heterocycles. The van der Waals surface area contributed by atoms with Crippen molar-refractivity contribution in [3.8, 4) is 0 Å². The quantitative estimate of drug-likeness (QED) is 0.367. The van der Waals surface area contributed by atoms with Gasteiger partial charge in [0.05, 0.1) is 6.10 Å². The summed E-state index contributed by atoms with van der Waals surface area (Å²) in [6.07, 6.45) is 3.79. The average molecular weight is 176 g/mol. The lowest BCUT2D eigenvalue weighted by Gasteiger charge is -1.80. The van der Waals surface area contributed by atoms with Gasteiger partial charge >= 0.3 is 0 Å². The molecule has 1 saturated carbocycles. The third-order valence-electron chi connectivity index (χ3n) is 1.20. The van der Waals surface area contributed by atoms with Crippen LogP contribution in [0, 0.1) is 0 Å². The van der Waals surface area contributed by atoms with Crippen molar-refractivity contribution in [2.45, 2.75) is 32.3 Å². The number of Topliss-reactive ketones (excluding diaryl/α,β-unsaturated/α-hetero) is 1. The molecule has 0 N–H and O–H groups in total. The Morgan fingerprint density at radius 3 is 2.27 bits per heavy atom. The first-order valence-electron chi connectivity index (χ1n) is 3.58. The van der Waals surface area contributed by atoms with Gasteiger partial charge in [0.15, 0.2) is 12.1 Å². The first kappa shape index (κ1) is 10.7. The molecule has 0 aliphatic heterocycles. The molecule has 1 rings (SSSR count). The van der Waals surface area contributed by atoms with Gasteiger partial charge in [-0.15, -0.1) is 0 Å². The Balaban J connectivity index is 0.000000183. The summed E-state index contributed by atoms with van der Waals surface area (Å²) in [5.41, 5.74) is 0. The van der Waals surface area contributed by atoms with E-state index in [0.29, 0.717) is 18.8 Å². The lowest BCUT2D eigenvalue weighted by molar-refractivity contribution is -0.129. The predicted molar refractivity (Wildman–Crippen MR) is 45.2 cm³/mol. The highest BCUT2D eigenvalue weighted by molar-refractivity contribution is 7.09. The van der Waals surface area contributed by atoms with Gasteiger partial charge in [0.1, 0.15) is 0 Å². The van der Waals surface area contributed by atoms with Crippen molar-refractivity contribution in [1.29, 1.82) is 0 Å². The van der Waals surface area contributed by atoms with Gasteiger partial charge in [-0.1, -0.05) is 6.92 Å². The molecule has 0 amide bonds. The second kappa shape index (κ2) is 6.44. The van der Waals surface area contributed by atoms with E-state index in [9.17, 15) is 9.59 Å². The summed E-state index contributed by atoms with van der Waals surface area (Å²) >= 11 is 0. The summed E-state index contributed by atoms with van der Waals surface area (Å²) < 4.78 is 4.78. The number of rotatable bonds is 3. The molecule has 0 heterocycles. The molecule has 1 fully saturated rings. The van der Waals surface area contributed by atoms with Gasteiger partial charge in [-0.05, 0) is 12.8 Å². The number of aldehydes is 1. The Bertz CT molecular complexity index is 132. The van der Waals surface area contributed by atoms with E-state index in [2.05, 4.69) is 9.47 Å². The summed E-state index contributed by atoms with van der Waals surface area (Å²) in [4.78, 5) is 19.2. The second-order valence-electron chi connectivity index (χ2n) is 2.27. The maximum Gasteiger partial charge on any atom is 0.194 e. The van der Waals surface area contributed by atoms with E-state index in [4.69, 9.17) is 4.52 Å². The van der Waals surface area contributed by atoms with Crippen LogP contribution in [0.3, 0.4) is 0 Å². The zero-order valence-corrected chi connectivity index (χ0v) is 7.73. The highest BCUT2D eigenvalue weighted by Gasteiger charge is 2.19. The summed E-state index contributed by atoms with van der Waals surface area (Å²) in [6.45, 7) is 1.65. The Kier molecular flexibility index (Phi) is 6.28. The summed E-state index contributed by atoms with van der Waals surface area (Å²) in [6, 6.07) is 0. The van der Waals surface area contributed by atoms with Crippen molar-refractivity contribution < 1.29 is 14.1 Å². The number of ketones is 1. The minimum atomic E-state index is -0.338. The predicted octanol–water partition coefficient (Wildman–Crippen LogP) is 1.12. The Morgan fingerprint density at radius 1 is 1.73 bits per heavy atom. The Hall–Kier alpha value is -0.270. The van der Waals surface area contributed by atoms with Crippen LogP contribution in [0.25, 0.3) is 0 Å². The molecule has 0 radical (unpaired) electrons. The zero-order chi connectivity index (χ0) is 8.69. The molecular weight excluding hydrogens is 163 g/mol. The normalized spacial score (nSPS) is 14.7. The van der Waals surface area contributed by atoms with Crippen molar-refractivity contribution in [3.05, 3.63) is 0 Å². The number of carbonyl (C=O) groups excluding carboxylic acids is 2. The summed E-state index contributed by atoms with van der Waals surface area (Å²) in [5.74, 6) is -0.338. The van der Waals surface area contributed by atoms with Crippen LogP contribution in [-0.2, 0) is 14.1 Å². The lowest BCUT2D eigenvalue weighted by atomic mass is 10.3. The first-order valence-corrected chi connectivity index (χ1v) is 4.05. The number of carbonyl (C=O) groups is 2. The van der Waals surface area contributed by atoms with Crippen molar-refractivity contribution in [2.75, 3.05) is 0 Å². The van der Waals surface area contributed by atoms with E-state index < -0.39 is 0 Å². The molecule has 3 nitrogen and oxygen atoms in total. The van der Waals surface area contributed by atoms with Gasteiger partial charge in [-0.3, -0.25) is 9.59 Å². The average Bonchev–Trinajstić information content (AvgIpc) is 2.86. The van der Waals surface area contributed by atoms with Crippen LogP contribution in [-0.4, -0.2) is 18.2 Å². The van der Waals surface area contributed by atoms with Crippen LogP contribution in [0.4, 0.5) is 0 Å². The fraction of sp³-hybridized carbons (Fsp3) is 0.714. The van der Waals surface area contributed by atoms with Gasteiger partial charge in [0.25, 0.3) is 0 Å². The molecule has 4 heteroatoms. The van der Waals surface area contributed by atoms with Gasteiger partial charge in [0, 0.05) is 15.9 Å². The maximum absolute atomic E-state index is 9.81. The standard InChI is InChI=1S/C4H6O2.C3H7OP/c1-2-4(6)3-5;5-4-3-1-2-3/h3H,2H2,1H3;3H,1-2,5H2. The highest BCUT2D eigenvalue weighted by Crippen LogP contribution is 2.25. The summed E-state index contributed by atoms with van der Waals surface area (Å²) in [7, 11) is 2.26. The van der Waals surface area contributed by atoms with E-state index in [1.807, 2.05) is 0 Å². The Labute approximate surface area is 68.8 Å². The van der Waals surface area contributed by atoms with E-state index in [0.717, 1.165) is 0 Å². The molecule has 64 valence electrons. The fourth-order valence-electron chi connectivity index (χ4n) is 0.287. The second-order valence-corrected chi connectivity index (χ2v) is 2.55. The smallest absolute Gasteiger partial charge is 0.194 e. The van der Waals surface area contributed by atoms with Gasteiger partial charge in [-0.25, -0.2) is 0 Å². The van der Waals surface area contributed by atoms with E-state index in [-0.39, 0.29) is 5.78 Å². The largest absolute Gasteiger partial charge is 0.362 e. The van der Waals surface area contributed by atoms with E-state index in [1.54, 1.807) is 6.92 Å². The molecule has 0 aromatic carbocycles. The van der Waals surface area contributed by atoms with Gasteiger partial charge < -0.3 is 4.52 Å². The van der Waals surface area contributed by atoms with Crippen LogP contribution in [0.15, 0.2) is 0 Å². The van der Waals surface area contributed by atoms with Crippen molar-refractivity contribution in [2.24, 2.45) is 0 Å². The zero-order valence-electron chi connectivity index (χ0n) is 6.58. The van der Waals surface area contributed by atoms with Crippen LogP contribution in [0.1, 0.15) is 26.2 Å². The molecule has 11 heavy (non-hydrogen) atoms. The topological polar surface area (TPSA) is 43.4 Å². The van der Waals surface area contributed by atoms with Gasteiger partial charge in [-0.2, -0.15) is 0 Å². The molecule has 1 aliphatic rings. The third-order valence-corrected chi connectivity index (χ3v) is 1.58. The minimum absolute atomic E-state index is 0.323. The summed E-state index contributed by atoms with van der Waals surface area (Å²) in [5, 5.41) is 0. The van der Waals surface area contributed by atoms with E-state index >= 15 is 0 Å². The molecule has 1 unspecified atom stereocenters. The third kappa shape index (κ3) is 7.63. The number of hydrogen-bond donors (Lipinski definition) is 0. The van der Waals surface area contributed by atoms with Crippen LogP contribution < -0.4 is 0 Å². The van der Waals surface area contributed by atoms with Crippen molar-refractivity contribution in [3.63, 3.8) is 0 Å². The minimum Gasteiger partial charge on any atom is -0.362 e. The van der Waals surface area contributed by atoms with Crippen molar-refractivity contribution >= 4 is 21.5 Å². The van der Waals surface area contributed by atoms with Crippen LogP contribution in [0.2, 0.25) is 0 Å². The molecule has 0 spiro atoms. The highest BCUT2D eigenvalue weighted by atomic mass is 31.0. The monoisotopic (exact) mass is 176 g/mol. The van der Waals surface area contributed by atoms with Crippen LogP contribution >= 0.6 is 9.47 Å². The Morgan fingerprint density at radius 2 is 2.27 bits per heavy atom. The molecule has 0 aromatic rings. The molecule has 1 aliphatic carbocycles. The SMILES string of the molecule is CCC(=O)C=O.POC1CC1. The molecule has 1 atom stereocenters. The lowest BCUT2D eigenvalue weighted by Crippen LogP contribution is -1.92. The van der Waals surface area contributed by atoms with E-state index in [1.165, 1.54) is 12.8 Å². The fourth-order valence-corrected chi connectivity index (χ4v) is 0.560. The van der Waals surface area contributed by atoms with Crippen molar-refractivity contribution in [1.82, 2.24) is 0 Å². The maximum atomic E-state index is 9.81. The first-order chi connectivity index (χ1) is 5.24. The molecule has 0 saturated heterocycles.